The summed E-state index contributed by atoms with van der Waals surface area (Å²) >= 11 is 0. The van der Waals surface area contributed by atoms with Gasteiger partial charge in [-0.2, -0.15) is 0 Å². The first kappa shape index (κ1) is 20.4. The van der Waals surface area contributed by atoms with Gasteiger partial charge in [-0.3, -0.25) is 9.10 Å². The number of benzene rings is 3. The van der Waals surface area contributed by atoms with Crippen molar-refractivity contribution in [3.8, 4) is 11.5 Å². The van der Waals surface area contributed by atoms with E-state index >= 15 is 0 Å². The third kappa shape index (κ3) is 3.78. The highest BCUT2D eigenvalue weighted by molar-refractivity contribution is 7.92. The maximum absolute atomic E-state index is 13.2. The monoisotopic (exact) mass is 450 g/mol. The van der Waals surface area contributed by atoms with Gasteiger partial charge in [0.1, 0.15) is 0 Å². The van der Waals surface area contributed by atoms with E-state index in [1.54, 1.807) is 0 Å². The van der Waals surface area contributed by atoms with Crippen molar-refractivity contribution in [3.63, 3.8) is 0 Å². The SMILES string of the molecule is O=C(NCc1ccc2c(c1)OCO2)c1ccc(S(=O)(=O)N2CCCc3ccccc32)cc1. The summed E-state index contributed by atoms with van der Waals surface area (Å²) in [4.78, 5) is 12.7. The average Bonchev–Trinajstić information content (AvgIpc) is 3.30. The molecule has 3 aromatic carbocycles. The van der Waals surface area contributed by atoms with Crippen LogP contribution in [0.2, 0.25) is 0 Å². The van der Waals surface area contributed by atoms with Gasteiger partial charge >= 0.3 is 0 Å². The lowest BCUT2D eigenvalue weighted by atomic mass is 10.0. The molecule has 0 unspecified atom stereocenters. The molecule has 2 aliphatic rings. The molecule has 0 saturated carbocycles. The number of carbonyl (C=O) groups excluding carboxylic acids is 1. The van der Waals surface area contributed by atoms with Crippen molar-refractivity contribution < 1.29 is 22.7 Å². The second-order valence-electron chi connectivity index (χ2n) is 7.70. The molecule has 8 heteroatoms. The molecular weight excluding hydrogens is 428 g/mol. The third-order valence-corrected chi connectivity index (χ3v) is 7.49. The van der Waals surface area contributed by atoms with Gasteiger partial charge in [0.05, 0.1) is 10.6 Å². The van der Waals surface area contributed by atoms with E-state index in [0.29, 0.717) is 30.2 Å². The van der Waals surface area contributed by atoms with Crippen molar-refractivity contribution in [2.45, 2.75) is 24.3 Å². The minimum Gasteiger partial charge on any atom is -0.454 e. The van der Waals surface area contributed by atoms with Crippen LogP contribution in [-0.4, -0.2) is 27.7 Å². The summed E-state index contributed by atoms with van der Waals surface area (Å²) in [6.07, 6.45) is 1.64. The molecule has 3 aromatic rings. The average molecular weight is 451 g/mol. The lowest BCUT2D eigenvalue weighted by Gasteiger charge is -2.30. The van der Waals surface area contributed by atoms with Crippen LogP contribution in [0.25, 0.3) is 0 Å². The number of rotatable bonds is 5. The number of para-hydroxylation sites is 1. The van der Waals surface area contributed by atoms with E-state index in [2.05, 4.69) is 5.32 Å². The Balaban J connectivity index is 1.29. The van der Waals surface area contributed by atoms with Gasteiger partial charge in [-0.15, -0.1) is 0 Å². The van der Waals surface area contributed by atoms with E-state index in [1.807, 2.05) is 42.5 Å². The van der Waals surface area contributed by atoms with Crippen LogP contribution in [0.5, 0.6) is 11.5 Å². The Morgan fingerprint density at radius 3 is 2.59 bits per heavy atom. The highest BCUT2D eigenvalue weighted by Gasteiger charge is 2.29. The molecule has 0 fully saturated rings. The Morgan fingerprint density at radius 2 is 1.75 bits per heavy atom. The quantitative estimate of drug-likeness (QED) is 0.643. The van der Waals surface area contributed by atoms with Gasteiger partial charge in [-0.1, -0.05) is 24.3 Å². The predicted octanol–water partition coefficient (Wildman–Crippen LogP) is 3.49. The summed E-state index contributed by atoms with van der Waals surface area (Å²) in [5.74, 6) is 1.06. The highest BCUT2D eigenvalue weighted by Crippen LogP contribution is 2.33. The van der Waals surface area contributed by atoms with E-state index in [0.717, 1.165) is 29.7 Å². The minimum absolute atomic E-state index is 0.168. The van der Waals surface area contributed by atoms with E-state index in [4.69, 9.17) is 9.47 Å². The van der Waals surface area contributed by atoms with Gasteiger partial charge in [0.2, 0.25) is 6.79 Å². The number of aryl methyl sites for hydroxylation is 1. The van der Waals surface area contributed by atoms with Crippen LogP contribution >= 0.6 is 0 Å². The number of carbonyl (C=O) groups is 1. The van der Waals surface area contributed by atoms with Gasteiger partial charge in [0, 0.05) is 18.7 Å². The molecule has 0 spiro atoms. The number of sulfonamides is 1. The van der Waals surface area contributed by atoms with Gasteiger partial charge in [0.15, 0.2) is 11.5 Å². The fourth-order valence-corrected chi connectivity index (χ4v) is 5.53. The fraction of sp³-hybridized carbons (Fsp3) is 0.208. The van der Waals surface area contributed by atoms with Crippen LogP contribution in [-0.2, 0) is 23.0 Å². The van der Waals surface area contributed by atoms with Crippen LogP contribution < -0.4 is 19.1 Å². The van der Waals surface area contributed by atoms with Crippen LogP contribution in [0.1, 0.15) is 27.9 Å². The van der Waals surface area contributed by atoms with Crippen molar-refractivity contribution in [2.24, 2.45) is 0 Å². The molecule has 5 rings (SSSR count). The molecule has 7 nitrogen and oxygen atoms in total. The first-order valence-electron chi connectivity index (χ1n) is 10.4. The molecule has 164 valence electrons. The number of hydrogen-bond donors (Lipinski definition) is 1. The largest absolute Gasteiger partial charge is 0.454 e. The highest BCUT2D eigenvalue weighted by atomic mass is 32.2. The lowest BCUT2D eigenvalue weighted by molar-refractivity contribution is 0.0950. The smallest absolute Gasteiger partial charge is 0.264 e. The number of fused-ring (bicyclic) bond motifs is 2. The van der Waals surface area contributed by atoms with E-state index in [-0.39, 0.29) is 17.6 Å². The molecule has 1 amide bonds. The topological polar surface area (TPSA) is 84.9 Å². The molecule has 2 aliphatic heterocycles. The Kier molecular flexibility index (Phi) is 5.22. The summed E-state index contributed by atoms with van der Waals surface area (Å²) in [5.41, 5.74) is 3.03. The molecule has 0 aromatic heterocycles. The molecule has 2 heterocycles. The van der Waals surface area contributed by atoms with Crippen molar-refractivity contribution in [3.05, 3.63) is 83.4 Å². The molecule has 0 radical (unpaired) electrons. The summed E-state index contributed by atoms with van der Waals surface area (Å²) < 4.78 is 38.6. The first-order chi connectivity index (χ1) is 15.5. The van der Waals surface area contributed by atoms with Crippen molar-refractivity contribution in [2.75, 3.05) is 17.6 Å². The normalized spacial score (nSPS) is 14.7. The van der Waals surface area contributed by atoms with Crippen LogP contribution in [0.3, 0.4) is 0 Å². The molecule has 0 atom stereocenters. The second kappa shape index (κ2) is 8.20. The van der Waals surface area contributed by atoms with Crippen LogP contribution in [0.15, 0.2) is 71.6 Å². The zero-order chi connectivity index (χ0) is 22.1. The van der Waals surface area contributed by atoms with Gasteiger partial charge in [-0.05, 0) is 66.4 Å². The van der Waals surface area contributed by atoms with Crippen molar-refractivity contribution >= 4 is 21.6 Å². The number of anilines is 1. The third-order valence-electron chi connectivity index (χ3n) is 5.66. The van der Waals surface area contributed by atoms with E-state index in [9.17, 15) is 13.2 Å². The Hall–Kier alpha value is -3.52. The standard InChI is InChI=1S/C24H22N2O5S/c27-24(25-15-17-7-12-22-23(14-17)31-16-30-22)19-8-10-20(11-9-19)32(28,29)26-13-3-5-18-4-1-2-6-21(18)26/h1-2,4,6-12,14H,3,5,13,15-16H2,(H,25,27). The molecule has 1 N–H and O–H groups in total. The molecule has 32 heavy (non-hydrogen) atoms. The summed E-state index contributed by atoms with van der Waals surface area (Å²) in [5, 5.41) is 2.85. The van der Waals surface area contributed by atoms with Gasteiger partial charge < -0.3 is 14.8 Å². The molecule has 0 aliphatic carbocycles. The maximum Gasteiger partial charge on any atom is 0.264 e. The second-order valence-corrected chi connectivity index (χ2v) is 9.57. The summed E-state index contributed by atoms with van der Waals surface area (Å²) in [6.45, 7) is 0.959. The Labute approximate surface area is 186 Å². The predicted molar refractivity (Wildman–Crippen MR) is 119 cm³/mol. The summed E-state index contributed by atoms with van der Waals surface area (Å²) in [7, 11) is -3.70. The molecule has 0 bridgehead atoms. The van der Waals surface area contributed by atoms with Gasteiger partial charge in [-0.25, -0.2) is 8.42 Å². The van der Waals surface area contributed by atoms with Crippen molar-refractivity contribution in [1.82, 2.24) is 5.32 Å². The molecular formula is C24H22N2O5S. The number of nitrogens with one attached hydrogen (secondary N) is 1. The summed E-state index contributed by atoms with van der Waals surface area (Å²) in [6, 6.07) is 19.1. The van der Waals surface area contributed by atoms with Gasteiger partial charge in [0.25, 0.3) is 15.9 Å². The maximum atomic E-state index is 13.2. The Bertz CT molecular complexity index is 1270. The fourth-order valence-electron chi connectivity index (χ4n) is 3.99. The van der Waals surface area contributed by atoms with Crippen LogP contribution in [0.4, 0.5) is 5.69 Å². The van der Waals surface area contributed by atoms with Crippen molar-refractivity contribution in [1.29, 1.82) is 0 Å². The number of ether oxygens (including phenoxy) is 2. The van der Waals surface area contributed by atoms with Crippen LogP contribution in [0, 0.1) is 0 Å². The first-order valence-corrected chi connectivity index (χ1v) is 11.8. The number of nitrogens with zero attached hydrogens (tertiary/aromatic N) is 1. The lowest BCUT2D eigenvalue weighted by Crippen LogP contribution is -2.35. The van der Waals surface area contributed by atoms with E-state index < -0.39 is 10.0 Å². The number of hydrogen-bond acceptors (Lipinski definition) is 5. The molecule has 0 saturated heterocycles. The minimum atomic E-state index is -3.70. The zero-order valence-electron chi connectivity index (χ0n) is 17.3. The Morgan fingerprint density at radius 1 is 0.969 bits per heavy atom. The van der Waals surface area contributed by atoms with E-state index in [1.165, 1.54) is 28.6 Å². The zero-order valence-corrected chi connectivity index (χ0v) is 18.1. The number of amides is 1.